The van der Waals surface area contributed by atoms with Gasteiger partial charge in [-0.05, 0) is 143 Å². The van der Waals surface area contributed by atoms with Crippen LogP contribution in [0, 0.1) is 23.5 Å². The van der Waals surface area contributed by atoms with Crippen LogP contribution in [-0.4, -0.2) is 97.2 Å². The lowest BCUT2D eigenvalue weighted by atomic mass is 9.86. The molecule has 0 aromatic heterocycles. The van der Waals surface area contributed by atoms with E-state index in [4.69, 9.17) is 53.4 Å². The summed E-state index contributed by atoms with van der Waals surface area (Å²) in [6.45, 7) is 0.763. The number of hydrogen-bond acceptors (Lipinski definition) is 10. The molecule has 0 saturated heterocycles. The zero-order chi connectivity index (χ0) is 56.8. The van der Waals surface area contributed by atoms with Crippen molar-refractivity contribution in [2.24, 2.45) is 17.6 Å². The predicted molar refractivity (Wildman–Crippen MR) is 256 cm³/mol. The number of benzene rings is 4. The number of nitrogens with two attached hydrogens (primary N) is 1. The Balaban J connectivity index is 0.00000115. The van der Waals surface area contributed by atoms with E-state index in [1.165, 1.54) is 42.5 Å². The second kappa shape index (κ2) is 30.1. The van der Waals surface area contributed by atoms with Crippen molar-refractivity contribution in [1.29, 1.82) is 0 Å². The number of rotatable bonds is 15. The molecule has 28 heteroatoms. The Morgan fingerprint density at radius 2 is 0.921 bits per heavy atom. The first-order valence-corrected chi connectivity index (χ1v) is 23.2. The summed E-state index contributed by atoms with van der Waals surface area (Å²) in [5, 5.41) is 24.2. The van der Waals surface area contributed by atoms with Crippen LogP contribution in [0.5, 0.6) is 23.0 Å². The number of carboxylic acid groups (broad SMARTS) is 2. The first-order valence-electron chi connectivity index (χ1n) is 22.5. The topological polar surface area (TPSA) is 225 Å². The Bertz CT molecular complexity index is 2530. The highest BCUT2D eigenvalue weighted by molar-refractivity contribution is 6.31. The summed E-state index contributed by atoms with van der Waals surface area (Å²) < 4.78 is 148. The summed E-state index contributed by atoms with van der Waals surface area (Å²) >= 11 is 11.2. The first kappa shape index (κ1) is 63.5. The average molecular weight is 1140 g/mol. The van der Waals surface area contributed by atoms with E-state index in [1.54, 1.807) is 0 Å². The van der Waals surface area contributed by atoms with Gasteiger partial charge in [0, 0.05) is 40.6 Å². The van der Waals surface area contributed by atoms with Crippen LogP contribution < -0.4 is 40.6 Å². The Kier molecular flexibility index (Phi) is 25.1. The van der Waals surface area contributed by atoms with Gasteiger partial charge in [-0.1, -0.05) is 23.2 Å². The molecule has 2 fully saturated rings. The van der Waals surface area contributed by atoms with Crippen molar-refractivity contribution < 1.29 is 106 Å². The summed E-state index contributed by atoms with van der Waals surface area (Å²) in [5.41, 5.74) is 5.77. The molecule has 0 aliphatic heterocycles. The Labute approximate surface area is 440 Å². The monoisotopic (exact) mass is 1140 g/mol. The number of carbonyl (C=O) groups is 5. The van der Waals surface area contributed by atoms with Crippen LogP contribution in [0.2, 0.25) is 10.0 Å². The van der Waals surface area contributed by atoms with Crippen LogP contribution in [0.4, 0.5) is 48.3 Å². The summed E-state index contributed by atoms with van der Waals surface area (Å²) in [6.07, 6.45) is -7.62. The molecule has 0 radical (unpaired) electrons. The maximum Gasteiger partial charge on any atom is 0.573 e. The quantitative estimate of drug-likeness (QED) is 0.0612. The molecule has 7 N–H and O–H groups in total. The van der Waals surface area contributed by atoms with E-state index in [0.29, 0.717) is 24.8 Å². The number of halogens is 13. The van der Waals surface area contributed by atoms with Gasteiger partial charge in [0.05, 0.1) is 15.6 Å². The van der Waals surface area contributed by atoms with Gasteiger partial charge in [-0.2, -0.15) is 13.2 Å². The number of alkyl halides is 9. The molecule has 15 nitrogen and oxygen atoms in total. The van der Waals surface area contributed by atoms with Crippen molar-refractivity contribution in [3.05, 3.63) is 118 Å². The first-order chi connectivity index (χ1) is 35.5. The lowest BCUT2D eigenvalue weighted by Gasteiger charge is -2.29. The molecule has 76 heavy (non-hydrogen) atoms. The Morgan fingerprint density at radius 1 is 0.566 bits per heavy atom. The smallest absolute Gasteiger partial charge is 0.484 e. The molecular formula is C48H55Cl2F11N4O11. The molecule has 3 amide bonds. The fourth-order valence-electron chi connectivity index (χ4n) is 6.97. The third-order valence-electron chi connectivity index (χ3n) is 10.8. The normalized spacial score (nSPS) is 17.2. The SMILES string of the molecule is NCC1CCC(NC(=O)COc2ccc(Cl)c(F)c2)CC1.O=C(COc1ccc(Cl)c(F)c1)NC1CCC(CNC(=O)c2ccc(OC(F)(F)F)cc2)CC1.O=C(O)C(F)(F)F.O=C(O)c1ccc(OC(F)(F)F)cc1.[HH].[HH].[HH]. The minimum atomic E-state index is -5.08. The van der Waals surface area contributed by atoms with Gasteiger partial charge in [0.1, 0.15) is 34.6 Å². The van der Waals surface area contributed by atoms with Crippen molar-refractivity contribution in [1.82, 2.24) is 16.0 Å². The van der Waals surface area contributed by atoms with Crippen LogP contribution in [0.25, 0.3) is 0 Å². The molecule has 0 atom stereocenters. The zero-order valence-corrected chi connectivity index (χ0v) is 40.9. The highest BCUT2D eigenvalue weighted by Crippen LogP contribution is 2.28. The molecule has 0 heterocycles. The number of hydrogen-bond donors (Lipinski definition) is 6. The molecule has 0 bridgehead atoms. The van der Waals surface area contributed by atoms with Crippen LogP contribution in [0.15, 0.2) is 84.9 Å². The van der Waals surface area contributed by atoms with Gasteiger partial charge in [-0.15, -0.1) is 26.3 Å². The molecular weight excluding hydrogens is 1090 g/mol. The average Bonchev–Trinajstić information content (AvgIpc) is 3.34. The van der Waals surface area contributed by atoms with Crippen molar-refractivity contribution in [3.8, 4) is 23.0 Å². The highest BCUT2D eigenvalue weighted by Gasteiger charge is 2.38. The number of aliphatic carboxylic acids is 1. The number of nitrogens with one attached hydrogen (secondary N) is 3. The molecule has 2 saturated carbocycles. The van der Waals surface area contributed by atoms with E-state index >= 15 is 0 Å². The summed E-state index contributed by atoms with van der Waals surface area (Å²) in [4.78, 5) is 55.4. The van der Waals surface area contributed by atoms with E-state index in [0.717, 1.165) is 93.8 Å². The Morgan fingerprint density at radius 3 is 1.25 bits per heavy atom. The van der Waals surface area contributed by atoms with Gasteiger partial charge in [0.2, 0.25) is 0 Å². The summed E-state index contributed by atoms with van der Waals surface area (Å²) in [7, 11) is 0. The van der Waals surface area contributed by atoms with E-state index in [-0.39, 0.29) is 80.1 Å². The van der Waals surface area contributed by atoms with Crippen molar-refractivity contribution in [2.75, 3.05) is 26.3 Å². The van der Waals surface area contributed by atoms with Gasteiger partial charge in [0.25, 0.3) is 17.7 Å². The molecule has 4 aromatic rings. The predicted octanol–water partition coefficient (Wildman–Crippen LogP) is 11.0. The van der Waals surface area contributed by atoms with Crippen LogP contribution in [0.3, 0.4) is 0 Å². The second-order valence-corrected chi connectivity index (χ2v) is 17.3. The third-order valence-corrected chi connectivity index (χ3v) is 11.4. The standard InChI is InChI=1S/C23H23ClF4N2O4.C15H20ClFN2O2.C8H5F3O3.C2HF3O2.3H2/c24-19-10-9-18(11-20(19)25)33-13-21(31)30-16-5-1-14(2-6-16)12-29-22(32)15-3-7-17(8-4-15)34-23(26,27)28;16-13-6-5-12(7-14(13)17)21-9-15(20)19-11-3-1-10(8-18)2-4-11;9-8(10,11)14-6-3-1-5(2-4-6)7(12)13;3-2(4,5)1(6)7;;;/h3-4,7-11,14,16H,1-2,5-6,12-13H2,(H,29,32)(H,30,31);5-7,10-11H,1-4,8-9,18H2,(H,19,20);1-4H,(H,12,13);(H,6,7);3*1H. The lowest BCUT2D eigenvalue weighted by molar-refractivity contribution is -0.275. The second-order valence-electron chi connectivity index (χ2n) is 16.5. The zero-order valence-electron chi connectivity index (χ0n) is 39.4. The van der Waals surface area contributed by atoms with Crippen LogP contribution in [0.1, 0.15) is 76.4 Å². The molecule has 6 rings (SSSR count). The largest absolute Gasteiger partial charge is 0.573 e. The van der Waals surface area contributed by atoms with Crippen LogP contribution >= 0.6 is 23.2 Å². The molecule has 4 aromatic carbocycles. The lowest BCUT2D eigenvalue weighted by Crippen LogP contribution is -2.41. The minimum absolute atomic E-state index is 0. The van der Waals surface area contributed by atoms with Gasteiger partial charge in [-0.25, -0.2) is 18.4 Å². The van der Waals surface area contributed by atoms with E-state index in [2.05, 4.69) is 25.4 Å². The van der Waals surface area contributed by atoms with Gasteiger partial charge in [-0.3, -0.25) is 14.4 Å². The van der Waals surface area contributed by atoms with Gasteiger partial charge in [0.15, 0.2) is 13.2 Å². The maximum atomic E-state index is 13.4. The van der Waals surface area contributed by atoms with Crippen molar-refractivity contribution >= 4 is 52.9 Å². The minimum Gasteiger partial charge on any atom is -0.484 e. The fourth-order valence-corrected chi connectivity index (χ4v) is 7.20. The van der Waals surface area contributed by atoms with E-state index < -0.39 is 54.0 Å². The molecule has 2 aliphatic rings. The van der Waals surface area contributed by atoms with Crippen molar-refractivity contribution in [3.63, 3.8) is 0 Å². The third kappa shape index (κ3) is 25.2. The summed E-state index contributed by atoms with van der Waals surface area (Å²) in [6, 6.07) is 16.9. The van der Waals surface area contributed by atoms with Crippen LogP contribution in [-0.2, 0) is 14.4 Å². The van der Waals surface area contributed by atoms with E-state index in [9.17, 15) is 67.5 Å². The number of carboxylic acids is 2. The number of ether oxygens (including phenoxy) is 4. The van der Waals surface area contributed by atoms with Gasteiger partial charge >= 0.3 is 30.8 Å². The maximum absolute atomic E-state index is 13.4. The van der Waals surface area contributed by atoms with E-state index in [1.807, 2.05) is 0 Å². The molecule has 0 unspecified atom stereocenters. The fraction of sp³-hybridized carbons (Fsp3) is 0.396. The molecule has 0 spiro atoms. The number of carbonyl (C=O) groups excluding carboxylic acids is 3. The number of aromatic carboxylic acids is 1. The highest BCUT2D eigenvalue weighted by atomic mass is 35.5. The van der Waals surface area contributed by atoms with Gasteiger partial charge < -0.3 is 50.8 Å². The Hall–Kier alpha value is -6.80. The molecule has 424 valence electrons. The molecule has 2 aliphatic carbocycles. The van der Waals surface area contributed by atoms with Crippen molar-refractivity contribution in [2.45, 2.75) is 82.4 Å². The summed E-state index contributed by atoms with van der Waals surface area (Å²) in [5.74, 6) is -5.58. The number of amides is 3.